The zero-order chi connectivity index (χ0) is 18.7. The molecule has 27 heavy (non-hydrogen) atoms. The predicted octanol–water partition coefficient (Wildman–Crippen LogP) is 4.13. The molecule has 0 bridgehead atoms. The van der Waals surface area contributed by atoms with Crippen LogP contribution >= 0.6 is 35.6 Å². The summed E-state index contributed by atoms with van der Waals surface area (Å²) in [6.45, 7) is 0.470. The van der Waals surface area contributed by atoms with Crippen LogP contribution in [-0.2, 0) is 0 Å². The second-order valence-corrected chi connectivity index (χ2v) is 7.27. The fourth-order valence-corrected chi connectivity index (χ4v) is 3.12. The van der Waals surface area contributed by atoms with E-state index < -0.39 is 0 Å². The summed E-state index contributed by atoms with van der Waals surface area (Å²) in [7, 11) is 0. The molecule has 0 radical (unpaired) electrons. The van der Waals surface area contributed by atoms with Gasteiger partial charge in [0.1, 0.15) is 0 Å². The summed E-state index contributed by atoms with van der Waals surface area (Å²) in [5, 5.41) is 6.36. The first-order valence-electron chi connectivity index (χ1n) is 8.33. The van der Waals surface area contributed by atoms with Gasteiger partial charge >= 0.3 is 0 Å². The number of nitrogens with one attached hydrogen (secondary N) is 2. The third kappa shape index (κ3) is 6.11. The van der Waals surface area contributed by atoms with Crippen LogP contribution in [0.5, 0.6) is 0 Å². The first-order chi connectivity index (χ1) is 12.4. The van der Waals surface area contributed by atoms with Gasteiger partial charge in [-0.3, -0.25) is 9.59 Å². The average Bonchev–Trinajstić information content (AvgIpc) is 3.44. The number of halogens is 3. The largest absolute Gasteiger partial charge is 0.350 e. The van der Waals surface area contributed by atoms with Crippen LogP contribution in [0.2, 0.25) is 10.0 Å². The lowest BCUT2D eigenvalue weighted by molar-refractivity contribution is 0.0949. The number of hydrogen-bond acceptors (Lipinski definition) is 3. The molecule has 1 atom stereocenters. The van der Waals surface area contributed by atoms with E-state index in [9.17, 15) is 9.59 Å². The molecule has 0 aromatic heterocycles. The second-order valence-electron chi connectivity index (χ2n) is 6.40. The molecule has 2 aromatic carbocycles. The van der Waals surface area contributed by atoms with Gasteiger partial charge in [-0.25, -0.2) is 0 Å². The number of carbonyl (C=O) groups is 2. The summed E-state index contributed by atoms with van der Waals surface area (Å²) in [5.41, 5.74) is 7.42. The van der Waals surface area contributed by atoms with Crippen molar-refractivity contribution in [2.75, 3.05) is 11.9 Å². The van der Waals surface area contributed by atoms with E-state index in [1.165, 1.54) is 12.1 Å². The molecule has 1 aliphatic carbocycles. The van der Waals surface area contributed by atoms with Crippen LogP contribution in [0.3, 0.4) is 0 Å². The molecule has 3 rings (SSSR count). The average molecular weight is 429 g/mol. The highest BCUT2D eigenvalue weighted by Gasteiger charge is 2.28. The Hall–Kier alpha value is -1.79. The Morgan fingerprint density at radius 1 is 1.00 bits per heavy atom. The normalized spacial score (nSPS) is 14.0. The monoisotopic (exact) mass is 427 g/mol. The van der Waals surface area contributed by atoms with Crippen molar-refractivity contribution in [3.63, 3.8) is 0 Å². The van der Waals surface area contributed by atoms with Crippen LogP contribution in [0.25, 0.3) is 0 Å². The van der Waals surface area contributed by atoms with Gasteiger partial charge in [-0.05, 0) is 61.2 Å². The molecule has 1 saturated carbocycles. The fourth-order valence-electron chi connectivity index (χ4n) is 2.60. The van der Waals surface area contributed by atoms with Crippen molar-refractivity contribution < 1.29 is 9.59 Å². The van der Waals surface area contributed by atoms with Crippen molar-refractivity contribution in [3.05, 3.63) is 63.6 Å². The summed E-state index contributed by atoms with van der Waals surface area (Å²) in [5.74, 6) is 0.0236. The van der Waals surface area contributed by atoms with Crippen molar-refractivity contribution in [1.82, 2.24) is 5.32 Å². The molecular weight excluding hydrogens is 409 g/mol. The van der Waals surface area contributed by atoms with E-state index in [2.05, 4.69) is 10.6 Å². The Bertz CT molecular complexity index is 803. The van der Waals surface area contributed by atoms with Gasteiger partial charge in [0, 0.05) is 39.4 Å². The maximum absolute atomic E-state index is 12.3. The van der Waals surface area contributed by atoms with E-state index in [0.717, 1.165) is 12.8 Å². The van der Waals surface area contributed by atoms with E-state index in [0.29, 0.717) is 39.3 Å². The van der Waals surface area contributed by atoms with Gasteiger partial charge in [-0.1, -0.05) is 23.2 Å². The number of amides is 2. The van der Waals surface area contributed by atoms with Gasteiger partial charge in [0.15, 0.2) is 0 Å². The fraction of sp³-hybridized carbons (Fsp3) is 0.263. The molecule has 5 nitrogen and oxygen atoms in total. The number of rotatable bonds is 6. The maximum atomic E-state index is 12.3. The Kier molecular flexibility index (Phi) is 7.50. The number of carbonyl (C=O) groups excluding carboxylic acids is 2. The number of nitrogens with two attached hydrogens (primary N) is 1. The Morgan fingerprint density at radius 3 is 2.15 bits per heavy atom. The summed E-state index contributed by atoms with van der Waals surface area (Å²) in [6, 6.07) is 11.3. The standard InChI is InChI=1S/C19H19Cl2N3O2.ClH/c20-14-7-13(8-15(21)9-14)19(26)24-16-5-3-12(4-6-16)18(25)23-10-17(22)11-1-2-11;/h3-9,11,17H,1-2,10,22H2,(H,23,25)(H,24,26);1H. The molecular formula is C19H20Cl3N3O2. The van der Waals surface area contributed by atoms with Crippen molar-refractivity contribution in [1.29, 1.82) is 0 Å². The van der Waals surface area contributed by atoms with E-state index in [1.807, 2.05) is 0 Å². The molecule has 1 unspecified atom stereocenters. The number of anilines is 1. The zero-order valence-corrected chi connectivity index (χ0v) is 16.7. The van der Waals surface area contributed by atoms with Crippen LogP contribution in [-0.4, -0.2) is 24.4 Å². The van der Waals surface area contributed by atoms with Crippen molar-refractivity contribution in [2.45, 2.75) is 18.9 Å². The minimum Gasteiger partial charge on any atom is -0.350 e. The van der Waals surface area contributed by atoms with Gasteiger partial charge in [0.05, 0.1) is 0 Å². The Morgan fingerprint density at radius 2 is 1.59 bits per heavy atom. The third-order valence-electron chi connectivity index (χ3n) is 4.26. The smallest absolute Gasteiger partial charge is 0.255 e. The van der Waals surface area contributed by atoms with Crippen LogP contribution < -0.4 is 16.4 Å². The van der Waals surface area contributed by atoms with Crippen LogP contribution in [0.1, 0.15) is 33.6 Å². The maximum Gasteiger partial charge on any atom is 0.255 e. The minimum absolute atomic E-state index is 0. The van der Waals surface area contributed by atoms with Crippen molar-refractivity contribution in [3.8, 4) is 0 Å². The lowest BCUT2D eigenvalue weighted by Gasteiger charge is -2.12. The van der Waals surface area contributed by atoms with E-state index in [4.69, 9.17) is 28.9 Å². The van der Waals surface area contributed by atoms with Gasteiger partial charge in [-0.15, -0.1) is 12.4 Å². The molecule has 2 aromatic rings. The molecule has 144 valence electrons. The summed E-state index contributed by atoms with van der Waals surface area (Å²) < 4.78 is 0. The van der Waals surface area contributed by atoms with E-state index in [-0.39, 0.29) is 30.3 Å². The summed E-state index contributed by atoms with van der Waals surface area (Å²) >= 11 is 11.8. The number of benzene rings is 2. The van der Waals surface area contributed by atoms with E-state index >= 15 is 0 Å². The van der Waals surface area contributed by atoms with Crippen LogP contribution in [0.4, 0.5) is 5.69 Å². The first kappa shape index (κ1) is 21.5. The van der Waals surface area contributed by atoms with Crippen molar-refractivity contribution in [2.24, 2.45) is 11.7 Å². The highest BCUT2D eigenvalue weighted by Crippen LogP contribution is 2.31. The second kappa shape index (κ2) is 9.42. The predicted molar refractivity (Wildman–Crippen MR) is 111 cm³/mol. The van der Waals surface area contributed by atoms with Crippen LogP contribution in [0, 0.1) is 5.92 Å². The molecule has 0 saturated heterocycles. The van der Waals surface area contributed by atoms with Crippen LogP contribution in [0.15, 0.2) is 42.5 Å². The van der Waals surface area contributed by atoms with Crippen molar-refractivity contribution >= 4 is 53.1 Å². The van der Waals surface area contributed by atoms with Gasteiger partial charge < -0.3 is 16.4 Å². The molecule has 0 aliphatic heterocycles. The zero-order valence-electron chi connectivity index (χ0n) is 14.4. The number of hydrogen-bond donors (Lipinski definition) is 3. The van der Waals surface area contributed by atoms with Gasteiger partial charge in [-0.2, -0.15) is 0 Å². The lowest BCUT2D eigenvalue weighted by Crippen LogP contribution is -2.38. The molecule has 8 heteroatoms. The Balaban J connectivity index is 0.00000261. The first-order valence-corrected chi connectivity index (χ1v) is 9.09. The molecule has 4 N–H and O–H groups in total. The topological polar surface area (TPSA) is 84.2 Å². The highest BCUT2D eigenvalue weighted by atomic mass is 35.5. The molecule has 0 heterocycles. The van der Waals surface area contributed by atoms with Gasteiger partial charge in [0.25, 0.3) is 11.8 Å². The third-order valence-corrected chi connectivity index (χ3v) is 4.69. The SMILES string of the molecule is Cl.NC(CNC(=O)c1ccc(NC(=O)c2cc(Cl)cc(Cl)c2)cc1)C1CC1. The van der Waals surface area contributed by atoms with E-state index in [1.54, 1.807) is 30.3 Å². The molecule has 1 fully saturated rings. The molecule has 2 amide bonds. The molecule has 0 spiro atoms. The summed E-state index contributed by atoms with van der Waals surface area (Å²) in [6.07, 6.45) is 2.28. The Labute approximate surface area is 174 Å². The molecule has 1 aliphatic rings. The van der Waals surface area contributed by atoms with Gasteiger partial charge in [0.2, 0.25) is 0 Å². The minimum atomic E-state index is -0.331. The summed E-state index contributed by atoms with van der Waals surface area (Å²) in [4.78, 5) is 24.4. The quantitative estimate of drug-likeness (QED) is 0.646. The lowest BCUT2D eigenvalue weighted by atomic mass is 10.1. The highest BCUT2D eigenvalue weighted by molar-refractivity contribution is 6.35.